The third-order valence-electron chi connectivity index (χ3n) is 4.90. The van der Waals surface area contributed by atoms with E-state index in [1.165, 1.54) is 77.0 Å². The number of rotatable bonds is 25. The Morgan fingerprint density at radius 3 is 1.23 bits per heavy atom. The molecule has 0 aromatic carbocycles. The lowest BCUT2D eigenvalue weighted by Crippen LogP contribution is -2.10. The fourth-order valence-corrected chi connectivity index (χ4v) is 3.03. The van der Waals surface area contributed by atoms with Crippen molar-refractivity contribution in [2.24, 2.45) is 0 Å². The summed E-state index contributed by atoms with van der Waals surface area (Å²) < 4.78 is 21.8. The van der Waals surface area contributed by atoms with Gasteiger partial charge in [0.25, 0.3) is 0 Å². The van der Waals surface area contributed by atoms with Gasteiger partial charge >= 0.3 is 0 Å². The normalized spacial score (nSPS) is 11.7. The quantitative estimate of drug-likeness (QED) is 0.111. The molecule has 0 aliphatic heterocycles. The fraction of sp³-hybridized carbons (Fsp3) is 0.846. The molecule has 178 valence electrons. The molecule has 0 aromatic rings. The van der Waals surface area contributed by atoms with Crippen LogP contribution in [-0.2, 0) is 18.9 Å². The van der Waals surface area contributed by atoms with E-state index >= 15 is 0 Å². The summed E-state index contributed by atoms with van der Waals surface area (Å²) in [6.07, 6.45) is 26.1. The topological polar surface area (TPSA) is 36.9 Å². The van der Waals surface area contributed by atoms with E-state index in [1.807, 2.05) is 12.5 Å². The lowest BCUT2D eigenvalue weighted by Gasteiger charge is -2.06. The van der Waals surface area contributed by atoms with E-state index in [0.717, 1.165) is 12.8 Å². The molecule has 0 unspecified atom stereocenters. The second-order valence-electron chi connectivity index (χ2n) is 7.82. The lowest BCUT2D eigenvalue weighted by atomic mass is 10.1. The van der Waals surface area contributed by atoms with Gasteiger partial charge in [0, 0.05) is 0 Å². The summed E-state index contributed by atoms with van der Waals surface area (Å²) in [5.41, 5.74) is 0. The lowest BCUT2D eigenvalue weighted by molar-refractivity contribution is 0.0184. The zero-order valence-corrected chi connectivity index (χ0v) is 20.1. The Kier molecular flexibility index (Phi) is 27.1. The van der Waals surface area contributed by atoms with Gasteiger partial charge in [-0.15, -0.1) is 0 Å². The Bertz CT molecular complexity index is 321. The van der Waals surface area contributed by atoms with E-state index in [-0.39, 0.29) is 0 Å². The first-order valence-electron chi connectivity index (χ1n) is 12.6. The SMILES string of the molecule is CCCCCCCCC=COCCOCCOCCOC=CCCCCCCCC. The first-order chi connectivity index (χ1) is 14.9. The van der Waals surface area contributed by atoms with Gasteiger partial charge in [0.15, 0.2) is 0 Å². The van der Waals surface area contributed by atoms with Crippen molar-refractivity contribution in [1.29, 1.82) is 0 Å². The fourth-order valence-electron chi connectivity index (χ4n) is 3.03. The van der Waals surface area contributed by atoms with Gasteiger partial charge in [-0.25, -0.2) is 0 Å². The van der Waals surface area contributed by atoms with Crippen LogP contribution in [0.2, 0.25) is 0 Å². The molecule has 0 fully saturated rings. The van der Waals surface area contributed by atoms with Crippen molar-refractivity contribution in [3.8, 4) is 0 Å². The molecule has 0 rings (SSSR count). The minimum atomic E-state index is 0.596. The summed E-state index contributed by atoms with van der Waals surface area (Å²) in [6.45, 7) is 8.09. The summed E-state index contributed by atoms with van der Waals surface area (Å²) in [5.74, 6) is 0. The van der Waals surface area contributed by atoms with Crippen LogP contribution < -0.4 is 0 Å². The Balaban J connectivity index is 3.10. The van der Waals surface area contributed by atoms with Gasteiger partial charge in [-0.05, 0) is 37.8 Å². The van der Waals surface area contributed by atoms with Gasteiger partial charge in [-0.1, -0.05) is 78.1 Å². The third kappa shape index (κ3) is 27.0. The second-order valence-corrected chi connectivity index (χ2v) is 7.82. The van der Waals surface area contributed by atoms with Crippen LogP contribution in [0.3, 0.4) is 0 Å². The Morgan fingerprint density at radius 1 is 0.433 bits per heavy atom. The average molecular weight is 427 g/mol. The average Bonchev–Trinajstić information content (AvgIpc) is 2.76. The van der Waals surface area contributed by atoms with Crippen molar-refractivity contribution in [1.82, 2.24) is 0 Å². The molecule has 0 spiro atoms. The van der Waals surface area contributed by atoms with E-state index in [4.69, 9.17) is 18.9 Å². The van der Waals surface area contributed by atoms with Crippen LogP contribution in [0.25, 0.3) is 0 Å². The van der Waals surface area contributed by atoms with E-state index in [1.54, 1.807) is 0 Å². The van der Waals surface area contributed by atoms with Gasteiger partial charge in [-0.3, -0.25) is 0 Å². The molecule has 4 heteroatoms. The van der Waals surface area contributed by atoms with Crippen molar-refractivity contribution in [3.63, 3.8) is 0 Å². The molecular formula is C26H50O4. The van der Waals surface area contributed by atoms with Crippen LogP contribution in [0.1, 0.15) is 104 Å². The van der Waals surface area contributed by atoms with Crippen molar-refractivity contribution >= 4 is 0 Å². The Hall–Kier alpha value is -1.00. The third-order valence-corrected chi connectivity index (χ3v) is 4.90. The van der Waals surface area contributed by atoms with E-state index in [9.17, 15) is 0 Å². The molecular weight excluding hydrogens is 376 g/mol. The van der Waals surface area contributed by atoms with Crippen LogP contribution in [0.5, 0.6) is 0 Å². The molecule has 0 amide bonds. The van der Waals surface area contributed by atoms with E-state index in [0.29, 0.717) is 39.6 Å². The maximum absolute atomic E-state index is 5.48. The molecule has 0 saturated heterocycles. The first-order valence-corrected chi connectivity index (χ1v) is 12.6. The van der Waals surface area contributed by atoms with E-state index in [2.05, 4.69) is 26.0 Å². The maximum Gasteiger partial charge on any atom is 0.111 e. The van der Waals surface area contributed by atoms with Crippen LogP contribution in [0.15, 0.2) is 24.7 Å². The van der Waals surface area contributed by atoms with Gasteiger partial charge in [0.1, 0.15) is 13.2 Å². The molecule has 0 aromatic heterocycles. The highest BCUT2D eigenvalue weighted by molar-refractivity contribution is 4.73. The highest BCUT2D eigenvalue weighted by atomic mass is 16.6. The van der Waals surface area contributed by atoms with Gasteiger partial charge in [0.05, 0.1) is 39.0 Å². The van der Waals surface area contributed by atoms with Gasteiger partial charge in [-0.2, -0.15) is 0 Å². The molecule has 0 aliphatic carbocycles. The number of hydrogen-bond donors (Lipinski definition) is 0. The van der Waals surface area contributed by atoms with Crippen molar-refractivity contribution < 1.29 is 18.9 Å². The Labute approximate surface area is 187 Å². The molecule has 0 saturated carbocycles. The Morgan fingerprint density at radius 2 is 0.800 bits per heavy atom. The number of allylic oxidation sites excluding steroid dienone is 2. The summed E-state index contributed by atoms with van der Waals surface area (Å²) in [5, 5.41) is 0. The zero-order valence-electron chi connectivity index (χ0n) is 20.1. The molecule has 0 heterocycles. The van der Waals surface area contributed by atoms with Crippen molar-refractivity contribution in [2.45, 2.75) is 104 Å². The summed E-state index contributed by atoms with van der Waals surface area (Å²) >= 11 is 0. The molecule has 4 nitrogen and oxygen atoms in total. The zero-order chi connectivity index (χ0) is 21.8. The molecule has 0 radical (unpaired) electrons. The van der Waals surface area contributed by atoms with Crippen molar-refractivity contribution in [2.75, 3.05) is 39.6 Å². The summed E-state index contributed by atoms with van der Waals surface area (Å²) in [4.78, 5) is 0. The number of hydrogen-bond acceptors (Lipinski definition) is 4. The summed E-state index contributed by atoms with van der Waals surface area (Å²) in [6, 6.07) is 0. The highest BCUT2D eigenvalue weighted by Gasteiger charge is 1.92. The number of ether oxygens (including phenoxy) is 4. The molecule has 0 aliphatic rings. The standard InChI is InChI=1S/C26H50O4/c1-3-5-7-9-11-13-15-17-19-27-21-23-29-25-26-30-24-22-28-20-18-16-14-12-10-8-6-4-2/h17-20H,3-16,21-26H2,1-2H3. The molecule has 0 atom stereocenters. The van der Waals surface area contributed by atoms with Crippen LogP contribution in [-0.4, -0.2) is 39.6 Å². The second kappa shape index (κ2) is 28.0. The van der Waals surface area contributed by atoms with Crippen LogP contribution >= 0.6 is 0 Å². The van der Waals surface area contributed by atoms with Crippen molar-refractivity contribution in [3.05, 3.63) is 24.7 Å². The largest absolute Gasteiger partial charge is 0.499 e. The summed E-state index contributed by atoms with van der Waals surface area (Å²) in [7, 11) is 0. The smallest absolute Gasteiger partial charge is 0.111 e. The predicted molar refractivity (Wildman–Crippen MR) is 128 cm³/mol. The molecule has 0 bridgehead atoms. The highest BCUT2D eigenvalue weighted by Crippen LogP contribution is 2.08. The van der Waals surface area contributed by atoms with Gasteiger partial charge in [0.2, 0.25) is 0 Å². The van der Waals surface area contributed by atoms with E-state index < -0.39 is 0 Å². The monoisotopic (exact) mass is 426 g/mol. The molecule has 0 N–H and O–H groups in total. The van der Waals surface area contributed by atoms with Gasteiger partial charge < -0.3 is 18.9 Å². The predicted octanol–water partition coefficient (Wildman–Crippen LogP) is 7.58. The first kappa shape index (κ1) is 29.0. The molecule has 30 heavy (non-hydrogen) atoms. The minimum absolute atomic E-state index is 0.596. The van der Waals surface area contributed by atoms with Crippen LogP contribution in [0, 0.1) is 0 Å². The maximum atomic E-state index is 5.48. The van der Waals surface area contributed by atoms with Crippen LogP contribution in [0.4, 0.5) is 0 Å². The minimum Gasteiger partial charge on any atom is -0.499 e. The number of unbranched alkanes of at least 4 members (excludes halogenated alkanes) is 12.